The van der Waals surface area contributed by atoms with Gasteiger partial charge in [-0.15, -0.1) is 0 Å². The van der Waals surface area contributed by atoms with Gasteiger partial charge in [-0.2, -0.15) is 0 Å². The zero-order valence-corrected chi connectivity index (χ0v) is 18.5. The molecule has 1 heterocycles. The molecule has 1 N–H and O–H groups in total. The Bertz CT molecular complexity index is 1300. The number of carbonyl (C=O) groups is 2. The van der Waals surface area contributed by atoms with Gasteiger partial charge in [-0.3, -0.25) is 9.10 Å². The minimum absolute atomic E-state index is 0.177. The van der Waals surface area contributed by atoms with Crippen LogP contribution in [0.3, 0.4) is 0 Å². The number of benzene rings is 3. The third-order valence-electron chi connectivity index (χ3n) is 5.36. The number of esters is 1. The molecule has 0 aliphatic carbocycles. The fraction of sp³-hybridized carbons (Fsp3) is 0.167. The van der Waals surface area contributed by atoms with Crippen LogP contribution in [-0.4, -0.2) is 33.9 Å². The van der Waals surface area contributed by atoms with Gasteiger partial charge >= 0.3 is 5.97 Å². The van der Waals surface area contributed by atoms with Gasteiger partial charge in [0.25, 0.3) is 10.0 Å². The Morgan fingerprint density at radius 3 is 2.38 bits per heavy atom. The number of hydrogen-bond donors (Lipinski definition) is 1. The number of methoxy groups -OCH3 is 1. The molecule has 0 unspecified atom stereocenters. The van der Waals surface area contributed by atoms with E-state index in [0.717, 1.165) is 21.9 Å². The van der Waals surface area contributed by atoms with Gasteiger partial charge in [0.1, 0.15) is 6.54 Å². The molecule has 1 aliphatic heterocycles. The normalized spacial score (nSPS) is 13.6. The van der Waals surface area contributed by atoms with Crippen LogP contribution in [0, 0.1) is 0 Å². The van der Waals surface area contributed by atoms with Gasteiger partial charge in [-0.25, -0.2) is 13.2 Å². The van der Waals surface area contributed by atoms with Crippen molar-refractivity contribution in [1.82, 2.24) is 0 Å². The Balaban J connectivity index is 1.65. The Morgan fingerprint density at radius 2 is 1.69 bits per heavy atom. The number of ether oxygens (including phenoxy) is 1. The summed E-state index contributed by atoms with van der Waals surface area (Å²) in [5.74, 6) is -0.978. The molecule has 32 heavy (non-hydrogen) atoms. The summed E-state index contributed by atoms with van der Waals surface area (Å²) in [6, 6.07) is 18.6. The number of nitrogens with zero attached hydrogens (tertiary/aromatic N) is 1. The average Bonchev–Trinajstić information content (AvgIpc) is 2.81. The number of rotatable bonds is 5. The second kappa shape index (κ2) is 8.47. The van der Waals surface area contributed by atoms with Crippen LogP contribution in [0.4, 0.5) is 11.4 Å². The second-order valence-electron chi connectivity index (χ2n) is 7.33. The van der Waals surface area contributed by atoms with E-state index in [1.807, 2.05) is 19.1 Å². The third kappa shape index (κ3) is 3.85. The highest BCUT2D eigenvalue weighted by Gasteiger charge is 2.35. The summed E-state index contributed by atoms with van der Waals surface area (Å²) in [6.07, 6.45) is 0.810. The van der Waals surface area contributed by atoms with Crippen LogP contribution in [0.2, 0.25) is 0 Å². The van der Waals surface area contributed by atoms with E-state index in [-0.39, 0.29) is 11.4 Å². The standard InChI is InChI=1S/C24H22N2O5S/c1-3-16-8-13-21-20(14-16)19-6-4-5-7-22(19)32(29,30)26(21)15-23(27)25-18-11-9-17(10-12-18)24(28)31-2/h4-14H,3,15H2,1-2H3,(H,25,27). The number of carbonyl (C=O) groups excluding carboxylic acids is 2. The maximum Gasteiger partial charge on any atom is 0.337 e. The van der Waals surface area contributed by atoms with Crippen molar-refractivity contribution in [2.75, 3.05) is 23.3 Å². The predicted molar refractivity (Wildman–Crippen MR) is 122 cm³/mol. The van der Waals surface area contributed by atoms with Crippen molar-refractivity contribution in [3.05, 3.63) is 77.9 Å². The maximum atomic E-state index is 13.4. The number of hydrogen-bond acceptors (Lipinski definition) is 5. The topological polar surface area (TPSA) is 92.8 Å². The molecule has 164 valence electrons. The molecule has 1 amide bonds. The summed E-state index contributed by atoms with van der Waals surface area (Å²) in [5.41, 5.74) is 3.75. The molecule has 0 atom stereocenters. The molecular formula is C24H22N2O5S. The molecule has 7 nitrogen and oxygen atoms in total. The van der Waals surface area contributed by atoms with Crippen LogP contribution in [-0.2, 0) is 26.0 Å². The van der Waals surface area contributed by atoms with E-state index in [1.54, 1.807) is 42.5 Å². The van der Waals surface area contributed by atoms with Gasteiger partial charge in [0.2, 0.25) is 5.91 Å². The zero-order chi connectivity index (χ0) is 22.9. The first kappa shape index (κ1) is 21.6. The first-order valence-corrected chi connectivity index (χ1v) is 11.5. The molecule has 4 rings (SSSR count). The smallest absolute Gasteiger partial charge is 0.337 e. The molecule has 8 heteroatoms. The van der Waals surface area contributed by atoms with Crippen molar-refractivity contribution in [3.63, 3.8) is 0 Å². The van der Waals surface area contributed by atoms with Gasteiger partial charge in [-0.1, -0.05) is 31.2 Å². The Morgan fingerprint density at radius 1 is 0.969 bits per heavy atom. The number of nitrogens with one attached hydrogen (secondary N) is 1. The largest absolute Gasteiger partial charge is 0.465 e. The molecular weight excluding hydrogens is 428 g/mol. The lowest BCUT2D eigenvalue weighted by Gasteiger charge is -2.32. The van der Waals surface area contributed by atoms with Crippen molar-refractivity contribution in [3.8, 4) is 11.1 Å². The van der Waals surface area contributed by atoms with Crippen LogP contribution in [0.1, 0.15) is 22.8 Å². The number of fused-ring (bicyclic) bond motifs is 3. The molecule has 0 fully saturated rings. The van der Waals surface area contributed by atoms with Crippen LogP contribution in [0.25, 0.3) is 11.1 Å². The van der Waals surface area contributed by atoms with Gasteiger partial charge in [0.15, 0.2) is 0 Å². The predicted octanol–water partition coefficient (Wildman–Crippen LogP) is 3.85. The van der Waals surface area contributed by atoms with Crippen molar-refractivity contribution in [1.29, 1.82) is 0 Å². The lowest BCUT2D eigenvalue weighted by molar-refractivity contribution is -0.114. The first-order chi connectivity index (χ1) is 15.3. The van der Waals surface area contributed by atoms with E-state index in [0.29, 0.717) is 22.5 Å². The Labute approximate surface area is 186 Å². The molecule has 0 aromatic heterocycles. The highest BCUT2D eigenvalue weighted by Crippen LogP contribution is 2.43. The second-order valence-corrected chi connectivity index (χ2v) is 9.16. The van der Waals surface area contributed by atoms with Crippen molar-refractivity contribution in [2.45, 2.75) is 18.2 Å². The lowest BCUT2D eigenvalue weighted by atomic mass is 9.99. The average molecular weight is 451 g/mol. The fourth-order valence-electron chi connectivity index (χ4n) is 3.71. The van der Waals surface area contributed by atoms with Crippen molar-refractivity contribution < 1.29 is 22.7 Å². The van der Waals surface area contributed by atoms with Crippen LogP contribution < -0.4 is 9.62 Å². The molecule has 3 aromatic carbocycles. The third-order valence-corrected chi connectivity index (χ3v) is 7.18. The van der Waals surface area contributed by atoms with Crippen LogP contribution in [0.5, 0.6) is 0 Å². The summed E-state index contributed by atoms with van der Waals surface area (Å²) in [7, 11) is -2.62. The summed E-state index contributed by atoms with van der Waals surface area (Å²) in [6.45, 7) is 1.65. The van der Waals surface area contributed by atoms with Crippen LogP contribution >= 0.6 is 0 Å². The van der Waals surface area contributed by atoms with Gasteiger partial charge in [-0.05, 0) is 54.4 Å². The van der Waals surface area contributed by atoms with Gasteiger partial charge in [0.05, 0.1) is 23.3 Å². The molecule has 0 bridgehead atoms. The van der Waals surface area contributed by atoms with Crippen molar-refractivity contribution >= 4 is 33.3 Å². The molecule has 0 spiro atoms. The molecule has 3 aromatic rings. The summed E-state index contributed by atoms with van der Waals surface area (Å²) in [4.78, 5) is 24.5. The quantitative estimate of drug-likeness (QED) is 0.596. The van der Waals surface area contributed by atoms with E-state index in [9.17, 15) is 18.0 Å². The van der Waals surface area contributed by atoms with E-state index in [2.05, 4.69) is 10.1 Å². The molecule has 1 aliphatic rings. The van der Waals surface area contributed by atoms with Gasteiger partial charge in [0, 0.05) is 16.8 Å². The monoisotopic (exact) mass is 450 g/mol. The number of anilines is 2. The Hall–Kier alpha value is -3.65. The summed E-state index contributed by atoms with van der Waals surface area (Å²) in [5, 5.41) is 2.69. The summed E-state index contributed by atoms with van der Waals surface area (Å²) >= 11 is 0. The highest BCUT2D eigenvalue weighted by molar-refractivity contribution is 7.93. The number of sulfonamides is 1. The molecule has 0 saturated heterocycles. The number of amides is 1. The SMILES string of the molecule is CCc1ccc2c(c1)-c1ccccc1S(=O)(=O)N2CC(=O)Nc1ccc(C(=O)OC)cc1. The summed E-state index contributed by atoms with van der Waals surface area (Å²) < 4.78 is 32.5. The lowest BCUT2D eigenvalue weighted by Crippen LogP contribution is -2.40. The molecule has 0 radical (unpaired) electrons. The maximum absolute atomic E-state index is 13.4. The first-order valence-electron chi connectivity index (χ1n) is 10.1. The van der Waals surface area contributed by atoms with Crippen molar-refractivity contribution in [2.24, 2.45) is 0 Å². The zero-order valence-electron chi connectivity index (χ0n) is 17.7. The number of aryl methyl sites for hydroxylation is 1. The highest BCUT2D eigenvalue weighted by atomic mass is 32.2. The minimum Gasteiger partial charge on any atom is -0.465 e. The van der Waals surface area contributed by atoms with Gasteiger partial charge < -0.3 is 10.1 Å². The fourth-order valence-corrected chi connectivity index (χ4v) is 5.36. The van der Waals surface area contributed by atoms with Crippen LogP contribution in [0.15, 0.2) is 71.6 Å². The van der Waals surface area contributed by atoms with E-state index in [1.165, 1.54) is 19.2 Å². The van der Waals surface area contributed by atoms with E-state index >= 15 is 0 Å². The molecule has 0 saturated carbocycles. The Kier molecular flexibility index (Phi) is 5.71. The van der Waals surface area contributed by atoms with E-state index in [4.69, 9.17) is 0 Å². The van der Waals surface area contributed by atoms with E-state index < -0.39 is 21.9 Å². The minimum atomic E-state index is -3.91.